The van der Waals surface area contributed by atoms with Gasteiger partial charge in [0.25, 0.3) is 5.91 Å². The van der Waals surface area contributed by atoms with Crippen LogP contribution in [0.5, 0.6) is 0 Å². The Balaban J connectivity index is 1.57. The molecule has 0 radical (unpaired) electrons. The Morgan fingerprint density at radius 2 is 1.69 bits per heavy atom. The summed E-state index contributed by atoms with van der Waals surface area (Å²) in [7, 11) is 4.03. The van der Waals surface area contributed by atoms with Crippen LogP contribution in [0.3, 0.4) is 0 Å². The van der Waals surface area contributed by atoms with Crippen LogP contribution in [0.4, 0.5) is 4.39 Å². The fourth-order valence-electron chi connectivity index (χ4n) is 5.42. The van der Waals surface area contributed by atoms with Crippen molar-refractivity contribution in [3.63, 3.8) is 0 Å². The van der Waals surface area contributed by atoms with Crippen molar-refractivity contribution in [1.29, 1.82) is 0 Å². The van der Waals surface area contributed by atoms with Crippen LogP contribution in [-0.4, -0.2) is 40.5 Å². The molecule has 3 atom stereocenters. The Labute approximate surface area is 170 Å². The molecule has 0 aliphatic carbocycles. The minimum atomic E-state index is -0.307. The average Bonchev–Trinajstić information content (AvgIpc) is 3.11. The van der Waals surface area contributed by atoms with Crippen LogP contribution in [-0.2, 0) is 7.05 Å². The lowest BCUT2D eigenvalue weighted by Gasteiger charge is -2.36. The maximum absolute atomic E-state index is 14.7. The van der Waals surface area contributed by atoms with Gasteiger partial charge < -0.3 is 14.8 Å². The fourth-order valence-corrected chi connectivity index (χ4v) is 5.42. The van der Waals surface area contributed by atoms with Gasteiger partial charge in [-0.15, -0.1) is 0 Å². The summed E-state index contributed by atoms with van der Waals surface area (Å²) in [4.78, 5) is 16.0. The minimum Gasteiger partial charge on any atom is -0.349 e. The second-order valence-electron chi connectivity index (χ2n) is 8.48. The van der Waals surface area contributed by atoms with Gasteiger partial charge in [-0.3, -0.25) is 4.79 Å². The topological polar surface area (TPSA) is 37.3 Å². The van der Waals surface area contributed by atoms with Crippen LogP contribution < -0.4 is 5.32 Å². The summed E-state index contributed by atoms with van der Waals surface area (Å²) in [5.74, 6) is -0.410. The maximum atomic E-state index is 14.7. The van der Waals surface area contributed by atoms with Crippen molar-refractivity contribution < 1.29 is 9.18 Å². The number of carbonyl (C=O) groups is 1. The van der Waals surface area contributed by atoms with Gasteiger partial charge in [-0.2, -0.15) is 0 Å². The summed E-state index contributed by atoms with van der Waals surface area (Å²) >= 11 is 0. The van der Waals surface area contributed by atoms with Crippen LogP contribution in [0, 0.1) is 5.82 Å². The van der Waals surface area contributed by atoms with E-state index < -0.39 is 0 Å². The van der Waals surface area contributed by atoms with Gasteiger partial charge in [0.2, 0.25) is 0 Å². The first-order valence-corrected chi connectivity index (χ1v) is 10.4. The summed E-state index contributed by atoms with van der Waals surface area (Å²) in [5, 5.41) is 3.96. The van der Waals surface area contributed by atoms with Crippen molar-refractivity contribution in [3.8, 4) is 11.3 Å². The van der Waals surface area contributed by atoms with E-state index in [1.807, 2.05) is 48.0 Å². The predicted octanol–water partition coefficient (Wildman–Crippen LogP) is 4.34. The number of aromatic nitrogens is 1. The summed E-state index contributed by atoms with van der Waals surface area (Å²) in [6.07, 6.45) is 4.39. The standard InChI is InChI=1S/C24H26FN3O/c1-27-17-11-12-18(27)14-16(13-17)26-24(29)21-19-9-6-10-20(25)23(19)28(2)22(21)15-7-4-3-5-8-15/h3-10,16-18H,11-14H2,1-2H3,(H,26,29)/t16?,17-,18+. The molecule has 2 aliphatic rings. The number of fused-ring (bicyclic) bond motifs is 3. The molecule has 2 bridgehead atoms. The Bertz CT molecular complexity index is 1060. The molecule has 2 aromatic carbocycles. The summed E-state index contributed by atoms with van der Waals surface area (Å²) in [6.45, 7) is 0. The SMILES string of the molecule is CN1[C@@H]2CC[C@H]1CC(NC(=O)c1c(-c3ccccc3)n(C)c3c(F)cccc13)C2. The predicted molar refractivity (Wildman–Crippen MR) is 113 cm³/mol. The fraction of sp³-hybridized carbons (Fsp3) is 0.375. The molecular weight excluding hydrogens is 365 g/mol. The largest absolute Gasteiger partial charge is 0.349 e. The molecule has 3 heterocycles. The van der Waals surface area contributed by atoms with Gasteiger partial charge in [0.15, 0.2) is 0 Å². The average molecular weight is 391 g/mol. The second-order valence-corrected chi connectivity index (χ2v) is 8.48. The second kappa shape index (κ2) is 6.99. The minimum absolute atomic E-state index is 0.103. The van der Waals surface area contributed by atoms with E-state index in [-0.39, 0.29) is 17.8 Å². The van der Waals surface area contributed by atoms with E-state index in [9.17, 15) is 9.18 Å². The number of hydrogen-bond acceptors (Lipinski definition) is 2. The van der Waals surface area contributed by atoms with Gasteiger partial charge in [0.1, 0.15) is 5.82 Å². The highest BCUT2D eigenvalue weighted by atomic mass is 19.1. The van der Waals surface area contributed by atoms with Gasteiger partial charge in [-0.25, -0.2) is 4.39 Å². The van der Waals surface area contributed by atoms with E-state index in [1.54, 1.807) is 6.07 Å². The summed E-state index contributed by atoms with van der Waals surface area (Å²) in [6, 6.07) is 16.0. The number of amides is 1. The lowest BCUT2D eigenvalue weighted by atomic mass is 9.97. The summed E-state index contributed by atoms with van der Waals surface area (Å²) in [5.41, 5.74) is 2.72. The van der Waals surface area contributed by atoms with Crippen LogP contribution in [0.15, 0.2) is 48.5 Å². The highest BCUT2D eigenvalue weighted by Crippen LogP contribution is 2.36. The van der Waals surface area contributed by atoms with E-state index in [0.717, 1.165) is 24.1 Å². The maximum Gasteiger partial charge on any atom is 0.254 e. The highest BCUT2D eigenvalue weighted by Gasteiger charge is 2.39. The number of nitrogens with zero attached hydrogens (tertiary/aromatic N) is 2. The molecule has 2 fully saturated rings. The van der Waals surface area contributed by atoms with E-state index in [0.29, 0.717) is 28.6 Å². The van der Waals surface area contributed by atoms with Crippen LogP contribution in [0.2, 0.25) is 0 Å². The van der Waals surface area contributed by atoms with Gasteiger partial charge in [0, 0.05) is 30.6 Å². The first-order chi connectivity index (χ1) is 14.0. The third-order valence-corrected chi connectivity index (χ3v) is 6.87. The Kier molecular flexibility index (Phi) is 4.43. The van der Waals surface area contributed by atoms with Crippen molar-refractivity contribution >= 4 is 16.8 Å². The molecule has 5 rings (SSSR count). The molecular formula is C24H26FN3O. The van der Waals surface area contributed by atoms with Crippen LogP contribution in [0.25, 0.3) is 22.2 Å². The van der Waals surface area contributed by atoms with Gasteiger partial charge in [-0.05, 0) is 44.4 Å². The zero-order valence-corrected chi connectivity index (χ0v) is 16.9. The number of hydrogen-bond donors (Lipinski definition) is 1. The molecule has 0 saturated carbocycles. The number of aryl methyl sites for hydroxylation is 1. The lowest BCUT2D eigenvalue weighted by molar-refractivity contribution is 0.0884. The molecule has 2 saturated heterocycles. The van der Waals surface area contributed by atoms with Crippen molar-refractivity contribution in [2.24, 2.45) is 7.05 Å². The third-order valence-electron chi connectivity index (χ3n) is 6.87. The van der Waals surface area contributed by atoms with E-state index in [2.05, 4.69) is 17.3 Å². The van der Waals surface area contributed by atoms with Crippen molar-refractivity contribution in [1.82, 2.24) is 14.8 Å². The van der Waals surface area contributed by atoms with E-state index >= 15 is 0 Å². The Hall–Kier alpha value is -2.66. The highest BCUT2D eigenvalue weighted by molar-refractivity contribution is 6.13. The Morgan fingerprint density at radius 3 is 2.38 bits per heavy atom. The molecule has 1 N–H and O–H groups in total. The number of piperidine rings is 1. The molecule has 1 aromatic heterocycles. The molecule has 1 amide bonds. The van der Waals surface area contributed by atoms with Crippen molar-refractivity contribution in [2.45, 2.75) is 43.8 Å². The number of rotatable bonds is 3. The Morgan fingerprint density at radius 1 is 1.00 bits per heavy atom. The van der Waals surface area contributed by atoms with E-state index in [4.69, 9.17) is 0 Å². The zero-order valence-electron chi connectivity index (χ0n) is 16.9. The molecule has 150 valence electrons. The monoisotopic (exact) mass is 391 g/mol. The number of benzene rings is 2. The molecule has 4 nitrogen and oxygen atoms in total. The quantitative estimate of drug-likeness (QED) is 0.721. The molecule has 29 heavy (non-hydrogen) atoms. The van der Waals surface area contributed by atoms with Gasteiger partial charge >= 0.3 is 0 Å². The smallest absolute Gasteiger partial charge is 0.254 e. The first-order valence-electron chi connectivity index (χ1n) is 10.4. The lowest BCUT2D eigenvalue weighted by Crippen LogP contribution is -2.48. The van der Waals surface area contributed by atoms with E-state index in [1.165, 1.54) is 18.9 Å². The number of carbonyl (C=O) groups excluding carboxylic acids is 1. The molecule has 2 aliphatic heterocycles. The molecule has 5 heteroatoms. The number of halogens is 1. The van der Waals surface area contributed by atoms with Crippen molar-refractivity contribution in [2.75, 3.05) is 7.05 Å². The molecule has 1 unspecified atom stereocenters. The molecule has 3 aromatic rings. The summed E-state index contributed by atoms with van der Waals surface area (Å²) < 4.78 is 16.5. The van der Waals surface area contributed by atoms with Crippen LogP contribution >= 0.6 is 0 Å². The zero-order chi connectivity index (χ0) is 20.1. The normalized spacial score (nSPS) is 24.2. The van der Waals surface area contributed by atoms with Gasteiger partial charge in [0.05, 0.1) is 16.8 Å². The number of para-hydroxylation sites is 1. The van der Waals surface area contributed by atoms with Crippen molar-refractivity contribution in [3.05, 3.63) is 59.9 Å². The third kappa shape index (κ3) is 2.96. The van der Waals surface area contributed by atoms with Crippen LogP contribution in [0.1, 0.15) is 36.0 Å². The van der Waals surface area contributed by atoms with Gasteiger partial charge in [-0.1, -0.05) is 42.5 Å². The first kappa shape index (κ1) is 18.4. The number of nitrogens with one attached hydrogen (secondary N) is 1. The molecule has 0 spiro atoms.